The third-order valence-corrected chi connectivity index (χ3v) is 4.04. The van der Waals surface area contributed by atoms with E-state index in [9.17, 15) is 9.59 Å². The lowest BCUT2D eigenvalue weighted by atomic mass is 10.2. The Bertz CT molecular complexity index is 531. The third kappa shape index (κ3) is 3.32. The zero-order valence-corrected chi connectivity index (χ0v) is 12.2. The molecular formula is C15H20N4O2. The van der Waals surface area contributed by atoms with Crippen LogP contribution >= 0.6 is 0 Å². The second kappa shape index (κ2) is 5.71. The van der Waals surface area contributed by atoms with Crippen molar-refractivity contribution < 1.29 is 9.59 Å². The molecule has 1 saturated carbocycles. The fourth-order valence-electron chi connectivity index (χ4n) is 2.50. The van der Waals surface area contributed by atoms with Crippen LogP contribution in [0.15, 0.2) is 18.3 Å². The summed E-state index contributed by atoms with van der Waals surface area (Å²) in [5, 5.41) is 2.83. The first kappa shape index (κ1) is 13.9. The van der Waals surface area contributed by atoms with Gasteiger partial charge in [0.05, 0.1) is 11.9 Å². The molecule has 1 aromatic rings. The van der Waals surface area contributed by atoms with E-state index in [4.69, 9.17) is 0 Å². The van der Waals surface area contributed by atoms with E-state index in [-0.39, 0.29) is 17.7 Å². The molecule has 1 aliphatic heterocycles. The van der Waals surface area contributed by atoms with Crippen LogP contribution in [0.5, 0.6) is 0 Å². The van der Waals surface area contributed by atoms with E-state index < -0.39 is 0 Å². The van der Waals surface area contributed by atoms with Crippen molar-refractivity contribution in [2.45, 2.75) is 19.8 Å². The lowest BCUT2D eigenvalue weighted by Gasteiger charge is -2.35. The molecule has 1 aromatic heterocycles. The van der Waals surface area contributed by atoms with Gasteiger partial charge in [-0.25, -0.2) is 4.98 Å². The van der Waals surface area contributed by atoms with Gasteiger partial charge in [0.1, 0.15) is 5.82 Å². The number of amides is 2. The number of nitrogens with zero attached hydrogens (tertiary/aromatic N) is 3. The van der Waals surface area contributed by atoms with Gasteiger partial charge in [-0.1, -0.05) is 0 Å². The van der Waals surface area contributed by atoms with Crippen LogP contribution in [-0.4, -0.2) is 47.9 Å². The molecule has 2 fully saturated rings. The summed E-state index contributed by atoms with van der Waals surface area (Å²) in [7, 11) is 0. The predicted octanol–water partition coefficient (Wildman–Crippen LogP) is 1.10. The minimum atomic E-state index is 0.0744. The van der Waals surface area contributed by atoms with Crippen molar-refractivity contribution in [3.8, 4) is 0 Å². The number of hydrogen-bond donors (Lipinski definition) is 1. The second-order valence-corrected chi connectivity index (χ2v) is 5.66. The van der Waals surface area contributed by atoms with Crippen molar-refractivity contribution in [3.63, 3.8) is 0 Å². The Hall–Kier alpha value is -2.11. The summed E-state index contributed by atoms with van der Waals surface area (Å²) in [6.45, 7) is 4.73. The molecule has 1 N–H and O–H groups in total. The maximum Gasteiger partial charge on any atom is 0.228 e. The Morgan fingerprint density at radius 1 is 1.19 bits per heavy atom. The molecule has 2 amide bonds. The Kier molecular flexibility index (Phi) is 3.77. The Labute approximate surface area is 124 Å². The highest BCUT2D eigenvalue weighted by Gasteiger charge is 2.29. The molecule has 1 saturated heterocycles. The quantitative estimate of drug-likeness (QED) is 0.904. The van der Waals surface area contributed by atoms with Crippen LogP contribution in [0.1, 0.15) is 19.8 Å². The summed E-state index contributed by atoms with van der Waals surface area (Å²) >= 11 is 0. The number of pyridine rings is 1. The van der Waals surface area contributed by atoms with Crippen molar-refractivity contribution in [1.82, 2.24) is 9.88 Å². The Morgan fingerprint density at radius 3 is 2.43 bits per heavy atom. The van der Waals surface area contributed by atoms with Gasteiger partial charge in [-0.05, 0) is 25.0 Å². The molecular weight excluding hydrogens is 268 g/mol. The average molecular weight is 288 g/mol. The summed E-state index contributed by atoms with van der Waals surface area (Å²) < 4.78 is 0. The van der Waals surface area contributed by atoms with Gasteiger partial charge in [0.2, 0.25) is 11.8 Å². The molecule has 112 valence electrons. The standard InChI is InChI=1S/C15H20N4O2/c1-11(20)18-6-8-19(9-7-18)13-4-5-14(16-10-13)17-15(21)12-2-3-12/h4-5,10,12H,2-3,6-9H2,1H3,(H,16,17,21). The van der Waals surface area contributed by atoms with Crippen LogP contribution in [0.4, 0.5) is 11.5 Å². The minimum Gasteiger partial charge on any atom is -0.367 e. The molecule has 0 unspecified atom stereocenters. The summed E-state index contributed by atoms with van der Waals surface area (Å²) in [5.41, 5.74) is 1.03. The first-order chi connectivity index (χ1) is 10.1. The van der Waals surface area contributed by atoms with Gasteiger partial charge in [0.15, 0.2) is 0 Å². The van der Waals surface area contributed by atoms with Crippen LogP contribution in [-0.2, 0) is 9.59 Å². The lowest BCUT2D eigenvalue weighted by Crippen LogP contribution is -2.48. The first-order valence-electron chi connectivity index (χ1n) is 7.41. The van der Waals surface area contributed by atoms with Gasteiger partial charge in [0.25, 0.3) is 0 Å². The van der Waals surface area contributed by atoms with E-state index in [1.807, 2.05) is 17.0 Å². The number of rotatable bonds is 3. The van der Waals surface area contributed by atoms with Crippen molar-refractivity contribution in [1.29, 1.82) is 0 Å². The van der Waals surface area contributed by atoms with E-state index in [1.54, 1.807) is 13.1 Å². The maximum atomic E-state index is 11.7. The average Bonchev–Trinajstić information content (AvgIpc) is 3.33. The zero-order valence-electron chi connectivity index (χ0n) is 12.2. The van der Waals surface area contributed by atoms with E-state index >= 15 is 0 Å². The molecule has 6 heteroatoms. The molecule has 0 bridgehead atoms. The Balaban J connectivity index is 1.57. The molecule has 2 heterocycles. The number of aromatic nitrogens is 1. The number of nitrogens with one attached hydrogen (secondary N) is 1. The maximum absolute atomic E-state index is 11.7. The van der Waals surface area contributed by atoms with E-state index in [1.165, 1.54) is 0 Å². The summed E-state index contributed by atoms with van der Waals surface area (Å²) in [6.07, 6.45) is 3.76. The Morgan fingerprint density at radius 2 is 1.90 bits per heavy atom. The van der Waals surface area contributed by atoms with Crippen LogP contribution in [0.3, 0.4) is 0 Å². The monoisotopic (exact) mass is 288 g/mol. The van der Waals surface area contributed by atoms with E-state index in [0.29, 0.717) is 5.82 Å². The van der Waals surface area contributed by atoms with E-state index in [0.717, 1.165) is 44.7 Å². The second-order valence-electron chi connectivity index (χ2n) is 5.66. The summed E-state index contributed by atoms with van der Waals surface area (Å²) in [6, 6.07) is 3.81. The van der Waals surface area contributed by atoms with Gasteiger partial charge >= 0.3 is 0 Å². The van der Waals surface area contributed by atoms with Gasteiger partial charge in [0, 0.05) is 39.0 Å². The number of piperazine rings is 1. The molecule has 0 atom stereocenters. The predicted molar refractivity (Wildman–Crippen MR) is 80.1 cm³/mol. The smallest absolute Gasteiger partial charge is 0.228 e. The van der Waals surface area contributed by atoms with Crippen LogP contribution in [0, 0.1) is 5.92 Å². The van der Waals surface area contributed by atoms with Crippen molar-refractivity contribution in [3.05, 3.63) is 18.3 Å². The fraction of sp³-hybridized carbons (Fsp3) is 0.533. The molecule has 0 aromatic carbocycles. The van der Waals surface area contributed by atoms with Crippen LogP contribution < -0.4 is 10.2 Å². The molecule has 1 aliphatic carbocycles. The van der Waals surface area contributed by atoms with Crippen LogP contribution in [0.2, 0.25) is 0 Å². The number of carbonyl (C=O) groups excluding carboxylic acids is 2. The zero-order chi connectivity index (χ0) is 14.8. The molecule has 21 heavy (non-hydrogen) atoms. The largest absolute Gasteiger partial charge is 0.367 e. The number of hydrogen-bond acceptors (Lipinski definition) is 4. The number of carbonyl (C=O) groups is 2. The van der Waals surface area contributed by atoms with Gasteiger partial charge in [-0.3, -0.25) is 9.59 Å². The van der Waals surface area contributed by atoms with Gasteiger partial charge in [-0.15, -0.1) is 0 Å². The van der Waals surface area contributed by atoms with Crippen molar-refractivity contribution >= 4 is 23.3 Å². The normalized spacial score (nSPS) is 18.5. The minimum absolute atomic E-state index is 0.0744. The topological polar surface area (TPSA) is 65.5 Å². The SMILES string of the molecule is CC(=O)N1CCN(c2ccc(NC(=O)C3CC3)nc2)CC1. The lowest BCUT2D eigenvalue weighted by molar-refractivity contribution is -0.129. The molecule has 3 rings (SSSR count). The molecule has 6 nitrogen and oxygen atoms in total. The first-order valence-corrected chi connectivity index (χ1v) is 7.41. The van der Waals surface area contributed by atoms with E-state index in [2.05, 4.69) is 15.2 Å². The van der Waals surface area contributed by atoms with Crippen molar-refractivity contribution in [2.75, 3.05) is 36.4 Å². The fourth-order valence-corrected chi connectivity index (χ4v) is 2.50. The third-order valence-electron chi connectivity index (χ3n) is 4.04. The van der Waals surface area contributed by atoms with Gasteiger partial charge < -0.3 is 15.1 Å². The highest BCUT2D eigenvalue weighted by atomic mass is 16.2. The highest BCUT2D eigenvalue weighted by molar-refractivity contribution is 5.93. The number of anilines is 2. The summed E-state index contributed by atoms with van der Waals surface area (Å²) in [5.74, 6) is 1.00. The molecule has 0 spiro atoms. The summed E-state index contributed by atoms with van der Waals surface area (Å²) in [4.78, 5) is 31.3. The van der Waals surface area contributed by atoms with Gasteiger partial charge in [-0.2, -0.15) is 0 Å². The highest BCUT2D eigenvalue weighted by Crippen LogP contribution is 2.30. The van der Waals surface area contributed by atoms with Crippen LogP contribution in [0.25, 0.3) is 0 Å². The van der Waals surface area contributed by atoms with Crippen molar-refractivity contribution in [2.24, 2.45) is 5.92 Å². The molecule has 0 radical (unpaired) electrons. The molecule has 2 aliphatic rings.